The summed E-state index contributed by atoms with van der Waals surface area (Å²) in [6, 6.07) is 1.77. The lowest BCUT2D eigenvalue weighted by Gasteiger charge is -2.47. The van der Waals surface area contributed by atoms with E-state index in [1.165, 1.54) is 6.33 Å². The van der Waals surface area contributed by atoms with Crippen LogP contribution in [0.4, 0.5) is 5.82 Å². The molecule has 1 N–H and O–H groups in total. The molecule has 0 unspecified atom stereocenters. The number of anilines is 1. The third-order valence-corrected chi connectivity index (χ3v) is 2.90. The average molecular weight is 281 g/mol. The summed E-state index contributed by atoms with van der Waals surface area (Å²) in [6.07, 6.45) is 1.51. The molecule has 7 heteroatoms. The van der Waals surface area contributed by atoms with Gasteiger partial charge in [-0.05, 0) is 20.8 Å². The number of carboxylic acid groups (broad SMARTS) is 1. The maximum Gasteiger partial charge on any atom is 0.329 e. The van der Waals surface area contributed by atoms with Crippen molar-refractivity contribution in [2.45, 2.75) is 32.5 Å². The van der Waals surface area contributed by atoms with Gasteiger partial charge < -0.3 is 19.5 Å². The first-order chi connectivity index (χ1) is 9.38. The molecule has 0 atom stereocenters. The Balaban J connectivity index is 1.93. The zero-order chi connectivity index (χ0) is 14.8. The van der Waals surface area contributed by atoms with Gasteiger partial charge in [0.2, 0.25) is 5.88 Å². The zero-order valence-electron chi connectivity index (χ0n) is 11.9. The minimum absolute atomic E-state index is 0.0540. The summed E-state index contributed by atoms with van der Waals surface area (Å²) in [6.45, 7) is 6.66. The lowest BCUT2D eigenvalue weighted by molar-refractivity contribution is -0.150. The van der Waals surface area contributed by atoms with E-state index in [0.29, 0.717) is 19.0 Å². The number of hydrogen-bond donors (Lipinski definition) is 1. The molecule has 110 valence electrons. The number of aliphatic carboxylic acids is 1. The number of ether oxygens (including phenoxy) is 2. The highest BCUT2D eigenvalue weighted by Crippen LogP contribution is 2.30. The molecule has 1 aliphatic rings. The van der Waals surface area contributed by atoms with E-state index in [-0.39, 0.29) is 12.7 Å². The van der Waals surface area contributed by atoms with E-state index in [1.54, 1.807) is 6.07 Å². The van der Waals surface area contributed by atoms with Crippen LogP contribution >= 0.6 is 0 Å². The minimum atomic E-state index is -0.959. The molecule has 0 radical (unpaired) electrons. The summed E-state index contributed by atoms with van der Waals surface area (Å²) in [5.74, 6) is 0.330. The monoisotopic (exact) mass is 281 g/mol. The van der Waals surface area contributed by atoms with Crippen molar-refractivity contribution in [3.63, 3.8) is 0 Å². The summed E-state index contributed by atoms with van der Waals surface area (Å²) >= 11 is 0. The van der Waals surface area contributed by atoms with Crippen molar-refractivity contribution < 1.29 is 19.4 Å². The average Bonchev–Trinajstić information content (AvgIpc) is 2.32. The van der Waals surface area contributed by atoms with Crippen molar-refractivity contribution in [2.75, 3.05) is 24.6 Å². The predicted octanol–water partition coefficient (Wildman–Crippen LogP) is 0.944. The van der Waals surface area contributed by atoms with Gasteiger partial charge in [-0.15, -0.1) is 0 Å². The smallest absolute Gasteiger partial charge is 0.329 e. The normalized spacial score (nSPS) is 16.9. The van der Waals surface area contributed by atoms with Crippen molar-refractivity contribution in [3.05, 3.63) is 12.4 Å². The second kappa shape index (κ2) is 5.62. The molecule has 20 heavy (non-hydrogen) atoms. The number of nitrogens with zero attached hydrogens (tertiary/aromatic N) is 3. The van der Waals surface area contributed by atoms with Crippen LogP contribution in [0, 0.1) is 0 Å². The standard InChI is InChI=1S/C13H19N3O4/c1-9(2)20-11-4-10(14-8-15-11)16-6-13(3,7-16)19-5-12(17)18/h4,8-9H,5-7H2,1-3H3,(H,17,18). The van der Waals surface area contributed by atoms with Crippen LogP contribution < -0.4 is 9.64 Å². The fourth-order valence-electron chi connectivity index (χ4n) is 2.06. The summed E-state index contributed by atoms with van der Waals surface area (Å²) in [5, 5.41) is 8.62. The fraction of sp³-hybridized carbons (Fsp3) is 0.615. The summed E-state index contributed by atoms with van der Waals surface area (Å²) in [7, 11) is 0. The number of hydrogen-bond acceptors (Lipinski definition) is 6. The lowest BCUT2D eigenvalue weighted by Crippen LogP contribution is -2.62. The molecule has 1 aromatic heterocycles. The molecule has 1 saturated heterocycles. The number of carboxylic acids is 1. The second-order valence-electron chi connectivity index (χ2n) is 5.37. The van der Waals surface area contributed by atoms with Crippen LogP contribution in [0.1, 0.15) is 20.8 Å². The first kappa shape index (κ1) is 14.5. The van der Waals surface area contributed by atoms with Crippen LogP contribution in [0.2, 0.25) is 0 Å². The Bertz CT molecular complexity index is 486. The molecule has 0 bridgehead atoms. The number of rotatable bonds is 6. The molecule has 2 heterocycles. The van der Waals surface area contributed by atoms with E-state index in [1.807, 2.05) is 25.7 Å². The van der Waals surface area contributed by atoms with Gasteiger partial charge in [0.15, 0.2) is 0 Å². The van der Waals surface area contributed by atoms with Crippen LogP contribution in [-0.4, -0.2) is 52.4 Å². The number of carbonyl (C=O) groups is 1. The predicted molar refractivity (Wildman–Crippen MR) is 72.0 cm³/mol. The van der Waals surface area contributed by atoms with Crippen LogP contribution in [0.15, 0.2) is 12.4 Å². The van der Waals surface area contributed by atoms with E-state index in [9.17, 15) is 4.79 Å². The molecule has 2 rings (SSSR count). The first-order valence-electron chi connectivity index (χ1n) is 6.47. The molecule has 1 aromatic rings. The first-order valence-corrected chi connectivity index (χ1v) is 6.47. The van der Waals surface area contributed by atoms with Crippen molar-refractivity contribution in [2.24, 2.45) is 0 Å². The summed E-state index contributed by atoms with van der Waals surface area (Å²) in [5.41, 5.74) is -0.442. The van der Waals surface area contributed by atoms with Crippen molar-refractivity contribution >= 4 is 11.8 Å². The fourth-order valence-corrected chi connectivity index (χ4v) is 2.06. The SMILES string of the molecule is CC(C)Oc1cc(N2CC(C)(OCC(=O)O)C2)ncn1. The molecule has 0 aromatic carbocycles. The molecule has 0 saturated carbocycles. The third kappa shape index (κ3) is 3.57. The maximum atomic E-state index is 10.5. The van der Waals surface area contributed by atoms with Crippen LogP contribution in [-0.2, 0) is 9.53 Å². The molecule has 1 fully saturated rings. The van der Waals surface area contributed by atoms with Gasteiger partial charge in [0, 0.05) is 19.2 Å². The van der Waals surface area contributed by atoms with E-state index in [2.05, 4.69) is 9.97 Å². The Morgan fingerprint density at radius 3 is 2.80 bits per heavy atom. The van der Waals surface area contributed by atoms with Crippen LogP contribution in [0.3, 0.4) is 0 Å². The van der Waals surface area contributed by atoms with Gasteiger partial charge in [-0.1, -0.05) is 0 Å². The molecular weight excluding hydrogens is 262 g/mol. The van der Waals surface area contributed by atoms with E-state index in [0.717, 1.165) is 5.82 Å². The minimum Gasteiger partial charge on any atom is -0.480 e. The Labute approximate surface area is 117 Å². The quantitative estimate of drug-likeness (QED) is 0.830. The Morgan fingerprint density at radius 1 is 1.50 bits per heavy atom. The van der Waals surface area contributed by atoms with Crippen molar-refractivity contribution in [3.8, 4) is 5.88 Å². The second-order valence-corrected chi connectivity index (χ2v) is 5.37. The molecule has 0 spiro atoms. The molecule has 1 aliphatic heterocycles. The highest BCUT2D eigenvalue weighted by atomic mass is 16.5. The molecular formula is C13H19N3O4. The zero-order valence-corrected chi connectivity index (χ0v) is 11.9. The van der Waals surface area contributed by atoms with E-state index >= 15 is 0 Å². The largest absolute Gasteiger partial charge is 0.480 e. The number of aromatic nitrogens is 2. The summed E-state index contributed by atoms with van der Waals surface area (Å²) in [4.78, 5) is 20.7. The highest BCUT2D eigenvalue weighted by molar-refractivity contribution is 5.68. The van der Waals surface area contributed by atoms with Crippen LogP contribution in [0.5, 0.6) is 5.88 Å². The highest BCUT2D eigenvalue weighted by Gasteiger charge is 2.41. The van der Waals surface area contributed by atoms with Gasteiger partial charge in [-0.3, -0.25) is 0 Å². The van der Waals surface area contributed by atoms with E-state index < -0.39 is 11.6 Å². The van der Waals surface area contributed by atoms with Gasteiger partial charge in [-0.2, -0.15) is 0 Å². The van der Waals surface area contributed by atoms with Gasteiger partial charge in [0.25, 0.3) is 0 Å². The third-order valence-electron chi connectivity index (χ3n) is 2.90. The Hall–Kier alpha value is -1.89. The molecule has 0 amide bonds. The maximum absolute atomic E-state index is 10.5. The van der Waals surface area contributed by atoms with Gasteiger partial charge in [0.05, 0.1) is 6.10 Å². The van der Waals surface area contributed by atoms with Crippen molar-refractivity contribution in [1.29, 1.82) is 0 Å². The van der Waals surface area contributed by atoms with Gasteiger partial charge in [0.1, 0.15) is 24.4 Å². The van der Waals surface area contributed by atoms with Gasteiger partial charge >= 0.3 is 5.97 Å². The topological polar surface area (TPSA) is 84.8 Å². The Kier molecular flexibility index (Phi) is 4.08. The van der Waals surface area contributed by atoms with E-state index in [4.69, 9.17) is 14.6 Å². The Morgan fingerprint density at radius 2 is 2.20 bits per heavy atom. The van der Waals surface area contributed by atoms with Crippen LogP contribution in [0.25, 0.3) is 0 Å². The molecule has 0 aliphatic carbocycles. The van der Waals surface area contributed by atoms with Gasteiger partial charge in [-0.25, -0.2) is 14.8 Å². The van der Waals surface area contributed by atoms with Crippen molar-refractivity contribution in [1.82, 2.24) is 9.97 Å². The molecule has 7 nitrogen and oxygen atoms in total. The lowest BCUT2D eigenvalue weighted by atomic mass is 9.96. The summed E-state index contributed by atoms with van der Waals surface area (Å²) < 4.78 is 10.9.